The fraction of sp³-hybridized carbons (Fsp3) is 1.00. The van der Waals surface area contributed by atoms with Crippen molar-refractivity contribution < 1.29 is 5.11 Å². The molecule has 0 spiro atoms. The van der Waals surface area contributed by atoms with E-state index in [4.69, 9.17) is 5.11 Å². The first-order valence-corrected chi connectivity index (χ1v) is 12.8. The van der Waals surface area contributed by atoms with E-state index in [0.717, 1.165) is 19.0 Å². The highest BCUT2D eigenvalue weighted by atomic mass is 16.3. The summed E-state index contributed by atoms with van der Waals surface area (Å²) in [6, 6.07) is 0.552. The Balaban J connectivity index is 0. The van der Waals surface area contributed by atoms with Crippen molar-refractivity contribution in [1.82, 2.24) is 4.90 Å². The fourth-order valence-electron chi connectivity index (χ4n) is 3.45. The predicted octanol–water partition coefficient (Wildman–Crippen LogP) is 8.22. The van der Waals surface area contributed by atoms with E-state index >= 15 is 0 Å². The number of hydrogen-bond donors (Lipinski definition) is 1. The molecule has 1 N–H and O–H groups in total. The zero-order valence-corrected chi connectivity index (χ0v) is 20.8. The van der Waals surface area contributed by atoms with Crippen LogP contribution in [-0.4, -0.2) is 35.7 Å². The number of hydrogen-bond acceptors (Lipinski definition) is 2. The normalized spacial score (nSPS) is 11.4. The molecule has 172 valence electrons. The molecule has 2 nitrogen and oxygen atoms in total. The summed E-state index contributed by atoms with van der Waals surface area (Å²) in [6.07, 6.45) is 21.6. The van der Waals surface area contributed by atoms with Gasteiger partial charge in [-0.15, -0.1) is 0 Å². The lowest BCUT2D eigenvalue weighted by Gasteiger charge is -2.26. The van der Waals surface area contributed by atoms with E-state index in [-0.39, 0.29) is 6.61 Å². The van der Waals surface area contributed by atoms with Crippen molar-refractivity contribution in [3.63, 3.8) is 0 Å². The highest BCUT2D eigenvalue weighted by Gasteiger charge is 2.08. The molecule has 0 amide bonds. The maximum atomic E-state index is 8.81. The number of rotatable bonds is 19. The summed E-state index contributed by atoms with van der Waals surface area (Å²) in [4.78, 5) is 2.32. The van der Waals surface area contributed by atoms with Gasteiger partial charge in [-0.1, -0.05) is 118 Å². The van der Waals surface area contributed by atoms with E-state index in [9.17, 15) is 0 Å². The second-order valence-corrected chi connectivity index (χ2v) is 9.28. The summed E-state index contributed by atoms with van der Waals surface area (Å²) in [7, 11) is 0. The van der Waals surface area contributed by atoms with Crippen LogP contribution in [0.3, 0.4) is 0 Å². The number of aliphatic hydroxyl groups excluding tert-OH is 1. The molecule has 0 saturated carbocycles. The summed E-state index contributed by atoms with van der Waals surface area (Å²) in [6.45, 7) is 15.6. The van der Waals surface area contributed by atoms with Gasteiger partial charge in [-0.3, -0.25) is 4.90 Å². The molecule has 0 unspecified atom stereocenters. The Hall–Kier alpha value is -0.0800. The minimum atomic E-state index is 0.274. The van der Waals surface area contributed by atoms with Gasteiger partial charge in [0.05, 0.1) is 6.61 Å². The first-order chi connectivity index (χ1) is 13.5. The van der Waals surface area contributed by atoms with Crippen LogP contribution in [-0.2, 0) is 0 Å². The summed E-state index contributed by atoms with van der Waals surface area (Å²) < 4.78 is 0. The van der Waals surface area contributed by atoms with Crippen LogP contribution in [0.2, 0.25) is 0 Å². The molecule has 0 fully saturated rings. The third-order valence-electron chi connectivity index (χ3n) is 5.57. The van der Waals surface area contributed by atoms with Gasteiger partial charge in [0.15, 0.2) is 0 Å². The first-order valence-electron chi connectivity index (χ1n) is 12.8. The fourth-order valence-corrected chi connectivity index (χ4v) is 3.45. The van der Waals surface area contributed by atoms with E-state index in [1.807, 2.05) is 0 Å². The Bertz CT molecular complexity index is 251. The van der Waals surface area contributed by atoms with Gasteiger partial charge in [-0.25, -0.2) is 0 Å². The molecule has 0 atom stereocenters. The van der Waals surface area contributed by atoms with Crippen molar-refractivity contribution >= 4 is 0 Å². The Morgan fingerprint density at radius 1 is 0.571 bits per heavy atom. The Kier molecular flexibility index (Phi) is 26.8. The van der Waals surface area contributed by atoms with Crippen molar-refractivity contribution in [1.29, 1.82) is 0 Å². The summed E-state index contributed by atoms with van der Waals surface area (Å²) >= 11 is 0. The van der Waals surface area contributed by atoms with Crippen molar-refractivity contribution in [2.24, 2.45) is 5.92 Å². The van der Waals surface area contributed by atoms with Gasteiger partial charge in [0, 0.05) is 12.6 Å². The smallest absolute Gasteiger partial charge is 0.0558 e. The lowest BCUT2D eigenvalue weighted by Crippen LogP contribution is -2.34. The van der Waals surface area contributed by atoms with E-state index < -0.39 is 0 Å². The molecular formula is C26H57NO. The van der Waals surface area contributed by atoms with Gasteiger partial charge in [0.2, 0.25) is 0 Å². The molecule has 28 heavy (non-hydrogen) atoms. The number of unbranched alkanes of at least 4 members (excludes halogenated alkanes) is 13. The predicted molar refractivity (Wildman–Crippen MR) is 129 cm³/mol. The zero-order valence-electron chi connectivity index (χ0n) is 20.8. The Morgan fingerprint density at radius 3 is 1.18 bits per heavy atom. The molecular weight excluding hydrogens is 342 g/mol. The van der Waals surface area contributed by atoms with Crippen molar-refractivity contribution in [3.8, 4) is 0 Å². The topological polar surface area (TPSA) is 23.5 Å². The minimum absolute atomic E-state index is 0.274. The van der Waals surface area contributed by atoms with Gasteiger partial charge >= 0.3 is 0 Å². The Labute approximate surface area is 179 Å². The summed E-state index contributed by atoms with van der Waals surface area (Å²) in [5, 5.41) is 8.81. The molecule has 0 aliphatic carbocycles. The van der Waals surface area contributed by atoms with Crippen molar-refractivity contribution in [2.45, 2.75) is 144 Å². The second kappa shape index (κ2) is 25.0. The standard InChI is InChI=1S/C16H34.C10H23NO/c1-3-5-7-9-11-13-15-16-14-12-10-8-6-4-2;1-9(2)5-6-11(7-8-12)10(3)4/h3-16H2,1-2H3;9-10,12H,5-8H2,1-4H3. The van der Waals surface area contributed by atoms with Crippen LogP contribution >= 0.6 is 0 Å². The van der Waals surface area contributed by atoms with Crippen LogP contribution in [0, 0.1) is 5.92 Å². The lowest BCUT2D eigenvalue weighted by atomic mass is 10.0. The first kappa shape index (κ1) is 30.1. The highest BCUT2D eigenvalue weighted by Crippen LogP contribution is 2.12. The molecule has 0 aromatic rings. The lowest BCUT2D eigenvalue weighted by molar-refractivity contribution is 0.159. The van der Waals surface area contributed by atoms with Gasteiger partial charge in [-0.2, -0.15) is 0 Å². The minimum Gasteiger partial charge on any atom is -0.395 e. The molecule has 0 heterocycles. The van der Waals surface area contributed by atoms with E-state index in [1.165, 1.54) is 96.3 Å². The van der Waals surface area contributed by atoms with Crippen LogP contribution in [0.5, 0.6) is 0 Å². The highest BCUT2D eigenvalue weighted by molar-refractivity contribution is 4.63. The van der Waals surface area contributed by atoms with Crippen molar-refractivity contribution in [2.75, 3.05) is 19.7 Å². The van der Waals surface area contributed by atoms with E-state index in [1.54, 1.807) is 0 Å². The molecule has 0 aromatic heterocycles. The molecule has 2 heteroatoms. The summed E-state index contributed by atoms with van der Waals surface area (Å²) in [5.74, 6) is 0.755. The van der Waals surface area contributed by atoms with Gasteiger partial charge in [0.1, 0.15) is 0 Å². The van der Waals surface area contributed by atoms with Crippen molar-refractivity contribution in [3.05, 3.63) is 0 Å². The molecule has 0 radical (unpaired) electrons. The second-order valence-electron chi connectivity index (χ2n) is 9.28. The molecule has 0 bridgehead atoms. The number of aliphatic hydroxyl groups is 1. The SMILES string of the molecule is CC(C)CCN(CCO)C(C)C.CCCCCCCCCCCCCCCC. The average molecular weight is 400 g/mol. The average Bonchev–Trinajstić information content (AvgIpc) is 2.66. The third-order valence-corrected chi connectivity index (χ3v) is 5.57. The molecule has 0 aliphatic heterocycles. The molecule has 0 aliphatic rings. The van der Waals surface area contributed by atoms with E-state index in [0.29, 0.717) is 6.04 Å². The van der Waals surface area contributed by atoms with Gasteiger partial charge in [-0.05, 0) is 32.7 Å². The van der Waals surface area contributed by atoms with E-state index in [2.05, 4.69) is 46.4 Å². The van der Waals surface area contributed by atoms with Crippen LogP contribution in [0.1, 0.15) is 138 Å². The largest absolute Gasteiger partial charge is 0.395 e. The quantitative estimate of drug-likeness (QED) is 0.221. The molecule has 0 saturated heterocycles. The molecule has 0 aromatic carbocycles. The van der Waals surface area contributed by atoms with Crippen LogP contribution < -0.4 is 0 Å². The van der Waals surface area contributed by atoms with Gasteiger partial charge < -0.3 is 5.11 Å². The van der Waals surface area contributed by atoms with Crippen LogP contribution in [0.25, 0.3) is 0 Å². The maximum Gasteiger partial charge on any atom is 0.0558 e. The zero-order chi connectivity index (χ0) is 21.5. The molecule has 0 rings (SSSR count). The van der Waals surface area contributed by atoms with Crippen LogP contribution in [0.15, 0.2) is 0 Å². The monoisotopic (exact) mass is 399 g/mol. The maximum absolute atomic E-state index is 8.81. The third kappa shape index (κ3) is 25.9. The summed E-state index contributed by atoms with van der Waals surface area (Å²) in [5.41, 5.74) is 0. The van der Waals surface area contributed by atoms with Gasteiger partial charge in [0.25, 0.3) is 0 Å². The number of nitrogens with zero attached hydrogens (tertiary/aromatic N) is 1. The van der Waals surface area contributed by atoms with Crippen LogP contribution in [0.4, 0.5) is 0 Å². The Morgan fingerprint density at radius 2 is 0.929 bits per heavy atom.